The number of nitrogens with zero attached hydrogens (tertiary/aromatic N) is 7. The van der Waals surface area contributed by atoms with E-state index in [1.165, 1.54) is 11.0 Å². The number of likely N-dealkylation sites (tertiary alicyclic amines) is 1. The first-order chi connectivity index (χ1) is 30.2. The first-order valence-electron chi connectivity index (χ1n) is 21.8. The number of pyridine rings is 1. The first-order valence-corrected chi connectivity index (χ1v) is 21.8. The van der Waals surface area contributed by atoms with E-state index in [1.807, 2.05) is 25.7 Å². The highest BCUT2D eigenvalue weighted by Crippen LogP contribution is 2.48. The Hall–Kier alpha value is -5.82. The van der Waals surface area contributed by atoms with Crippen LogP contribution in [0.15, 0.2) is 42.5 Å². The van der Waals surface area contributed by atoms with Gasteiger partial charge in [0.05, 0.1) is 42.4 Å². The molecule has 2 aromatic heterocycles. The average Bonchev–Trinajstić information content (AvgIpc) is 4.00. The zero-order valence-electron chi connectivity index (χ0n) is 35.7. The standard InChI is InChI=1S/C47H50F3N7O6/c1-6-31-33(49)12-10-27-8-7-9-32(36(27)31)39-38(50)40-37-41(55-23-29-11-13-35(34(55)16-19-60-42(37)51-39)57(29)45(59)63-46(3,4)5)53-43(52-40)62-25-47-17-14-30(56(47)21-26(2)20-47)24-61-44(58)54-18-15-28(48)22-54/h1,7-10,12,28-30,34-35H,2,11,13-25H2,3-5H3/t28-,29-,30+,34-,35+,47+/m1/s1. The molecule has 0 aliphatic carbocycles. The number of alkyl halides is 1. The number of aromatic nitrogens is 3. The number of benzene rings is 2. The van der Waals surface area contributed by atoms with E-state index in [-0.39, 0.29) is 96.2 Å². The second-order valence-electron chi connectivity index (χ2n) is 18.8. The molecule has 0 N–H and O–H groups in total. The van der Waals surface area contributed by atoms with Gasteiger partial charge in [0.2, 0.25) is 5.88 Å². The van der Waals surface area contributed by atoms with Crippen molar-refractivity contribution < 1.29 is 41.7 Å². The van der Waals surface area contributed by atoms with Gasteiger partial charge in [-0.1, -0.05) is 42.3 Å². The second kappa shape index (κ2) is 15.5. The van der Waals surface area contributed by atoms with Crippen LogP contribution in [0.2, 0.25) is 0 Å². The molecule has 2 bridgehead atoms. The summed E-state index contributed by atoms with van der Waals surface area (Å²) in [7, 11) is 0. The van der Waals surface area contributed by atoms with E-state index >= 15 is 8.78 Å². The number of piperazine rings is 1. The van der Waals surface area contributed by atoms with E-state index in [9.17, 15) is 14.0 Å². The highest BCUT2D eigenvalue weighted by Gasteiger charge is 2.53. The Bertz CT molecular complexity index is 2600. The van der Waals surface area contributed by atoms with Crippen LogP contribution in [-0.2, 0) is 9.47 Å². The van der Waals surface area contributed by atoms with Crippen molar-refractivity contribution in [2.75, 3.05) is 50.9 Å². The molecule has 8 heterocycles. The molecule has 13 nitrogen and oxygen atoms in total. The summed E-state index contributed by atoms with van der Waals surface area (Å²) >= 11 is 0. The second-order valence-corrected chi connectivity index (χ2v) is 18.8. The highest BCUT2D eigenvalue weighted by atomic mass is 19.1. The van der Waals surface area contributed by atoms with Crippen LogP contribution in [-0.4, -0.2) is 129 Å². The lowest BCUT2D eigenvalue weighted by Gasteiger charge is -2.48. The maximum absolute atomic E-state index is 17.6. The van der Waals surface area contributed by atoms with E-state index in [2.05, 4.69) is 22.3 Å². The zero-order valence-corrected chi connectivity index (χ0v) is 35.7. The Labute approximate surface area is 363 Å². The number of carbonyl (C=O) groups excluding carboxylic acids is 2. The SMILES string of the molecule is C#Cc1c(F)ccc2cccc(-c3nc4c5c(nc(OC[C@@]67CC[C@@H](COC(=O)N8CC[C@@H](F)C8)N6CC(=C)C7)nc5c3F)N3C[C@H]5CC[C@@H]([C@H]3CCO4)N5C(=O)OC(C)(C)C)c12. The molecule has 16 heteroatoms. The van der Waals surface area contributed by atoms with Crippen molar-refractivity contribution >= 4 is 39.7 Å². The Morgan fingerprint density at radius 3 is 2.63 bits per heavy atom. The van der Waals surface area contributed by atoms with E-state index < -0.39 is 35.0 Å². The van der Waals surface area contributed by atoms with Crippen molar-refractivity contribution in [2.24, 2.45) is 0 Å². The number of ether oxygens (including phenoxy) is 4. The largest absolute Gasteiger partial charge is 0.477 e. The van der Waals surface area contributed by atoms with Gasteiger partial charge in [0, 0.05) is 43.0 Å². The number of halogens is 3. The summed E-state index contributed by atoms with van der Waals surface area (Å²) in [5.74, 6) is 1.53. The third kappa shape index (κ3) is 7.12. The van der Waals surface area contributed by atoms with E-state index in [4.69, 9.17) is 40.3 Å². The van der Waals surface area contributed by atoms with Crippen molar-refractivity contribution in [1.29, 1.82) is 0 Å². The fourth-order valence-corrected chi connectivity index (χ4v) is 10.9. The Morgan fingerprint density at radius 1 is 1.02 bits per heavy atom. The molecule has 10 rings (SSSR count). The van der Waals surface area contributed by atoms with Gasteiger partial charge < -0.3 is 28.7 Å². The minimum atomic E-state index is -1.04. The van der Waals surface area contributed by atoms with Crippen molar-refractivity contribution in [1.82, 2.24) is 29.7 Å². The molecule has 2 aromatic carbocycles. The normalized spacial score (nSPS) is 26.6. The lowest BCUT2D eigenvalue weighted by molar-refractivity contribution is 0.00633. The van der Waals surface area contributed by atoms with E-state index in [1.54, 1.807) is 24.3 Å². The third-order valence-electron chi connectivity index (χ3n) is 13.7. The van der Waals surface area contributed by atoms with Gasteiger partial charge in [-0.2, -0.15) is 9.97 Å². The molecule has 0 unspecified atom stereocenters. The molecule has 0 radical (unpaired) electrons. The number of hydrogen-bond acceptors (Lipinski definition) is 11. The van der Waals surface area contributed by atoms with Crippen LogP contribution < -0.4 is 14.4 Å². The maximum Gasteiger partial charge on any atom is 0.410 e. The molecule has 330 valence electrons. The Balaban J connectivity index is 1.04. The van der Waals surface area contributed by atoms with Crippen LogP contribution in [0.1, 0.15) is 71.3 Å². The van der Waals surface area contributed by atoms with Gasteiger partial charge in [0.1, 0.15) is 53.2 Å². The lowest BCUT2D eigenvalue weighted by Crippen LogP contribution is -2.62. The van der Waals surface area contributed by atoms with Gasteiger partial charge in [0.25, 0.3) is 0 Å². The van der Waals surface area contributed by atoms with Crippen molar-refractivity contribution in [3.05, 3.63) is 59.7 Å². The van der Waals surface area contributed by atoms with Crippen LogP contribution in [0.5, 0.6) is 11.9 Å². The molecule has 0 saturated carbocycles. The summed E-state index contributed by atoms with van der Waals surface area (Å²) < 4.78 is 71.3. The molecule has 0 spiro atoms. The zero-order chi connectivity index (χ0) is 43.9. The number of carbonyl (C=O) groups is 2. The minimum absolute atomic E-state index is 0.0161. The predicted molar refractivity (Wildman–Crippen MR) is 228 cm³/mol. The van der Waals surface area contributed by atoms with Gasteiger partial charge in [0.15, 0.2) is 5.82 Å². The summed E-state index contributed by atoms with van der Waals surface area (Å²) in [6, 6.07) is 7.16. The lowest BCUT2D eigenvalue weighted by atomic mass is 9.94. The van der Waals surface area contributed by atoms with Crippen molar-refractivity contribution in [2.45, 2.75) is 107 Å². The summed E-state index contributed by atoms with van der Waals surface area (Å²) in [6.07, 6.45) is 8.24. The summed E-state index contributed by atoms with van der Waals surface area (Å²) in [6.45, 7) is 11.6. The first kappa shape index (κ1) is 41.2. The third-order valence-corrected chi connectivity index (χ3v) is 13.7. The Kier molecular flexibility index (Phi) is 10.1. The molecule has 63 heavy (non-hydrogen) atoms. The Morgan fingerprint density at radius 2 is 1.86 bits per heavy atom. The molecule has 6 aliphatic rings. The maximum atomic E-state index is 17.6. The summed E-state index contributed by atoms with van der Waals surface area (Å²) in [5, 5.41) is 1.20. The molecular formula is C47H50F3N7O6. The van der Waals surface area contributed by atoms with Crippen molar-refractivity contribution in [3.63, 3.8) is 0 Å². The number of hydrogen-bond donors (Lipinski definition) is 0. The van der Waals surface area contributed by atoms with E-state index in [0.717, 1.165) is 24.8 Å². The number of terminal acetylenes is 1. The molecule has 5 fully saturated rings. The summed E-state index contributed by atoms with van der Waals surface area (Å²) in [5.41, 5.74) is -0.155. The summed E-state index contributed by atoms with van der Waals surface area (Å²) in [4.78, 5) is 48.7. The molecule has 6 atom stereocenters. The number of anilines is 1. The van der Waals surface area contributed by atoms with Gasteiger partial charge >= 0.3 is 18.2 Å². The van der Waals surface area contributed by atoms with Crippen LogP contribution >= 0.6 is 0 Å². The van der Waals surface area contributed by atoms with Crippen LogP contribution in [0.4, 0.5) is 28.6 Å². The van der Waals surface area contributed by atoms with Crippen molar-refractivity contribution in [3.8, 4) is 35.5 Å². The molecule has 5 saturated heterocycles. The average molecular weight is 866 g/mol. The van der Waals surface area contributed by atoms with E-state index in [0.29, 0.717) is 61.9 Å². The molecule has 6 aliphatic heterocycles. The molecule has 4 aromatic rings. The van der Waals surface area contributed by atoms with Gasteiger partial charge in [-0.25, -0.2) is 27.7 Å². The fraction of sp³-hybridized carbons (Fsp3) is 0.511. The van der Waals surface area contributed by atoms with Crippen LogP contribution in [0.25, 0.3) is 32.9 Å². The monoisotopic (exact) mass is 865 g/mol. The number of rotatable bonds is 6. The van der Waals surface area contributed by atoms with Gasteiger partial charge in [-0.05, 0) is 70.7 Å². The topological polar surface area (TPSA) is 123 Å². The molecular weight excluding hydrogens is 816 g/mol. The number of amides is 2. The van der Waals surface area contributed by atoms with Crippen LogP contribution in [0.3, 0.4) is 0 Å². The minimum Gasteiger partial charge on any atom is -0.477 e. The van der Waals surface area contributed by atoms with Crippen LogP contribution in [0, 0.1) is 24.0 Å². The van der Waals surface area contributed by atoms with Gasteiger partial charge in [-0.15, -0.1) is 6.42 Å². The highest BCUT2D eigenvalue weighted by molar-refractivity contribution is 6.03. The predicted octanol–water partition coefficient (Wildman–Crippen LogP) is 7.57. The smallest absolute Gasteiger partial charge is 0.410 e. The number of fused-ring (bicyclic) bond motifs is 7. The van der Waals surface area contributed by atoms with Gasteiger partial charge in [-0.3, -0.25) is 9.80 Å². The fourth-order valence-electron chi connectivity index (χ4n) is 10.9. The molecule has 2 amide bonds. The quantitative estimate of drug-likeness (QED) is 0.141.